The van der Waals surface area contributed by atoms with Crippen molar-refractivity contribution in [1.29, 1.82) is 5.26 Å². The molecule has 0 aromatic rings. The van der Waals surface area contributed by atoms with Gasteiger partial charge in [0, 0.05) is 31.0 Å². The third kappa shape index (κ3) is 4.39. The van der Waals surface area contributed by atoms with Gasteiger partial charge >= 0.3 is 0 Å². The number of rotatable bonds is 5. The number of piperidine rings is 1. The molecule has 6 heteroatoms. The summed E-state index contributed by atoms with van der Waals surface area (Å²) in [5.74, 6) is -2.14. The number of amides is 2. The fourth-order valence-electron chi connectivity index (χ4n) is 4.02. The molecule has 2 aliphatic carbocycles. The molecular formula is C19H27N3O3. The van der Waals surface area contributed by atoms with E-state index in [0.717, 1.165) is 44.9 Å². The molecule has 0 aromatic carbocycles. The van der Waals surface area contributed by atoms with Crippen molar-refractivity contribution in [2.24, 2.45) is 17.8 Å². The van der Waals surface area contributed by atoms with Gasteiger partial charge < -0.3 is 10.2 Å². The second-order valence-corrected chi connectivity index (χ2v) is 7.71. The van der Waals surface area contributed by atoms with Gasteiger partial charge in [-0.2, -0.15) is 5.26 Å². The zero-order valence-corrected chi connectivity index (χ0v) is 14.7. The van der Waals surface area contributed by atoms with Crippen molar-refractivity contribution >= 4 is 17.6 Å². The lowest BCUT2D eigenvalue weighted by molar-refractivity contribution is -0.138. The van der Waals surface area contributed by atoms with Crippen LogP contribution in [0.25, 0.3) is 0 Å². The lowest BCUT2D eigenvalue weighted by Gasteiger charge is -2.33. The summed E-state index contributed by atoms with van der Waals surface area (Å²) in [5, 5.41) is 12.3. The van der Waals surface area contributed by atoms with E-state index in [1.54, 1.807) is 4.90 Å². The van der Waals surface area contributed by atoms with Crippen LogP contribution >= 0.6 is 0 Å². The molecule has 1 heterocycles. The van der Waals surface area contributed by atoms with Crippen LogP contribution in [-0.2, 0) is 14.4 Å². The smallest absolute Gasteiger partial charge is 0.245 e. The summed E-state index contributed by atoms with van der Waals surface area (Å²) >= 11 is 0. The maximum Gasteiger partial charge on any atom is 0.245 e. The molecule has 1 N–H and O–H groups in total. The molecule has 0 radical (unpaired) electrons. The van der Waals surface area contributed by atoms with Gasteiger partial charge in [-0.1, -0.05) is 19.3 Å². The Hall–Kier alpha value is -1.90. The van der Waals surface area contributed by atoms with Crippen LogP contribution in [0.15, 0.2) is 0 Å². The van der Waals surface area contributed by atoms with E-state index in [2.05, 4.69) is 5.32 Å². The summed E-state index contributed by atoms with van der Waals surface area (Å²) < 4.78 is 0. The fourth-order valence-corrected chi connectivity index (χ4v) is 4.02. The number of carbonyl (C=O) groups excluding carboxylic acids is 3. The van der Waals surface area contributed by atoms with Gasteiger partial charge in [0.2, 0.25) is 11.8 Å². The minimum absolute atomic E-state index is 0.0872. The van der Waals surface area contributed by atoms with Crippen molar-refractivity contribution in [1.82, 2.24) is 10.2 Å². The van der Waals surface area contributed by atoms with Gasteiger partial charge in [0.05, 0.1) is 6.07 Å². The average Bonchev–Trinajstić information content (AvgIpc) is 3.47. The second kappa shape index (κ2) is 7.99. The van der Waals surface area contributed by atoms with Crippen molar-refractivity contribution in [3.8, 4) is 6.07 Å². The summed E-state index contributed by atoms with van der Waals surface area (Å²) in [6.45, 7) is 1.05. The summed E-state index contributed by atoms with van der Waals surface area (Å²) in [5.41, 5.74) is 0. The van der Waals surface area contributed by atoms with E-state index in [1.807, 2.05) is 6.07 Å². The maximum absolute atomic E-state index is 12.7. The van der Waals surface area contributed by atoms with Crippen LogP contribution in [0.4, 0.5) is 0 Å². The summed E-state index contributed by atoms with van der Waals surface area (Å²) in [6, 6.07) is 1.99. The molecule has 25 heavy (non-hydrogen) atoms. The Bertz CT molecular complexity index is 573. The van der Waals surface area contributed by atoms with Gasteiger partial charge in [-0.15, -0.1) is 0 Å². The van der Waals surface area contributed by atoms with Gasteiger partial charge in [-0.3, -0.25) is 14.4 Å². The first-order chi connectivity index (χ1) is 12.1. The third-order valence-electron chi connectivity index (χ3n) is 5.69. The maximum atomic E-state index is 12.7. The number of Topliss-reactive ketones (excluding diaryl/α,β-unsaturated/α-hetero) is 1. The molecule has 6 nitrogen and oxygen atoms in total. The minimum atomic E-state index is -1.25. The normalized spacial score (nSPS) is 25.7. The molecule has 136 valence electrons. The number of hydrogen-bond donors (Lipinski definition) is 1. The fraction of sp³-hybridized carbons (Fsp3) is 0.789. The van der Waals surface area contributed by atoms with Crippen LogP contribution in [0, 0.1) is 29.1 Å². The first-order valence-electron chi connectivity index (χ1n) is 9.62. The van der Waals surface area contributed by atoms with E-state index in [1.165, 1.54) is 6.42 Å². The highest BCUT2D eigenvalue weighted by Crippen LogP contribution is 2.33. The minimum Gasteiger partial charge on any atom is -0.352 e. The lowest BCUT2D eigenvalue weighted by Crippen LogP contribution is -2.47. The van der Waals surface area contributed by atoms with Crippen LogP contribution in [0.1, 0.15) is 57.8 Å². The predicted octanol–water partition coefficient (Wildman–Crippen LogP) is 1.79. The highest BCUT2D eigenvalue weighted by molar-refractivity contribution is 6.05. The molecule has 0 aromatic heterocycles. The third-order valence-corrected chi connectivity index (χ3v) is 5.69. The average molecular weight is 345 g/mol. The van der Waals surface area contributed by atoms with E-state index in [0.29, 0.717) is 19.5 Å². The van der Waals surface area contributed by atoms with Gasteiger partial charge in [0.25, 0.3) is 0 Å². The van der Waals surface area contributed by atoms with Crippen molar-refractivity contribution in [3.63, 3.8) is 0 Å². The van der Waals surface area contributed by atoms with Crippen molar-refractivity contribution in [2.75, 3.05) is 13.1 Å². The van der Waals surface area contributed by atoms with Crippen LogP contribution in [-0.4, -0.2) is 41.6 Å². The Morgan fingerprint density at radius 3 is 2.32 bits per heavy atom. The van der Waals surface area contributed by atoms with Crippen molar-refractivity contribution < 1.29 is 14.4 Å². The van der Waals surface area contributed by atoms with E-state index in [-0.39, 0.29) is 23.7 Å². The number of likely N-dealkylation sites (tertiary alicyclic amines) is 1. The van der Waals surface area contributed by atoms with Crippen LogP contribution < -0.4 is 5.32 Å². The van der Waals surface area contributed by atoms with Gasteiger partial charge in [0.1, 0.15) is 0 Å². The lowest BCUT2D eigenvalue weighted by atomic mass is 9.86. The molecule has 2 amide bonds. The Balaban J connectivity index is 1.57. The van der Waals surface area contributed by atoms with Gasteiger partial charge in [0.15, 0.2) is 11.7 Å². The van der Waals surface area contributed by atoms with Crippen LogP contribution in [0.5, 0.6) is 0 Å². The molecule has 3 rings (SSSR count). The van der Waals surface area contributed by atoms with Crippen molar-refractivity contribution in [2.45, 2.75) is 63.8 Å². The molecule has 2 atom stereocenters. The first kappa shape index (κ1) is 17.9. The van der Waals surface area contributed by atoms with Crippen LogP contribution in [0.2, 0.25) is 0 Å². The molecule has 2 unspecified atom stereocenters. The van der Waals surface area contributed by atoms with E-state index in [9.17, 15) is 19.6 Å². The highest BCUT2D eigenvalue weighted by atomic mass is 16.2. The Kier molecular flexibility index (Phi) is 5.72. The number of hydrogen-bond acceptors (Lipinski definition) is 4. The summed E-state index contributed by atoms with van der Waals surface area (Å²) in [6.07, 6.45) is 8.49. The Morgan fingerprint density at radius 1 is 0.960 bits per heavy atom. The Labute approximate surface area is 148 Å². The number of ketones is 1. The van der Waals surface area contributed by atoms with E-state index >= 15 is 0 Å². The Morgan fingerprint density at radius 2 is 1.68 bits per heavy atom. The zero-order chi connectivity index (χ0) is 17.8. The molecule has 0 spiro atoms. The molecular weight excluding hydrogens is 318 g/mol. The summed E-state index contributed by atoms with van der Waals surface area (Å²) in [4.78, 5) is 39.2. The molecule has 2 saturated carbocycles. The number of nitrogens with one attached hydrogen (secondary N) is 1. The highest BCUT2D eigenvalue weighted by Gasteiger charge is 2.39. The van der Waals surface area contributed by atoms with Crippen molar-refractivity contribution in [3.05, 3.63) is 0 Å². The van der Waals surface area contributed by atoms with E-state index < -0.39 is 17.7 Å². The zero-order valence-electron chi connectivity index (χ0n) is 14.7. The second-order valence-electron chi connectivity index (χ2n) is 7.71. The number of nitriles is 1. The molecule has 1 aliphatic heterocycles. The number of nitrogens with zero attached hydrogens (tertiary/aromatic N) is 2. The van der Waals surface area contributed by atoms with Gasteiger partial charge in [-0.25, -0.2) is 0 Å². The SMILES string of the molecule is N#CC(C(=O)NC1CCCCC1)C(=O)C1CCCN(C(=O)C2CC2)C1. The molecule has 3 aliphatic rings. The standard InChI is InChI=1S/C19H27N3O3/c20-11-16(18(24)21-15-6-2-1-3-7-15)17(23)14-5-4-10-22(12-14)19(25)13-8-9-13/h13-16H,1-10,12H2,(H,21,24). The summed E-state index contributed by atoms with van der Waals surface area (Å²) in [7, 11) is 0. The molecule has 1 saturated heterocycles. The monoisotopic (exact) mass is 345 g/mol. The predicted molar refractivity (Wildman–Crippen MR) is 91.2 cm³/mol. The first-order valence-corrected chi connectivity index (χ1v) is 9.62. The quantitative estimate of drug-likeness (QED) is 0.769. The molecule has 0 bridgehead atoms. The largest absolute Gasteiger partial charge is 0.352 e. The molecule has 3 fully saturated rings. The van der Waals surface area contributed by atoms with E-state index in [4.69, 9.17) is 0 Å². The van der Waals surface area contributed by atoms with Gasteiger partial charge in [-0.05, 0) is 38.5 Å². The topological polar surface area (TPSA) is 90.3 Å². The number of carbonyl (C=O) groups is 3. The van der Waals surface area contributed by atoms with Crippen LogP contribution in [0.3, 0.4) is 0 Å².